The average molecular weight is 256 g/mol. The quantitative estimate of drug-likeness (QED) is 0.577. The lowest BCUT2D eigenvalue weighted by Gasteiger charge is -2.20. The van der Waals surface area contributed by atoms with Gasteiger partial charge in [0.2, 0.25) is 5.83 Å². The molecule has 0 saturated carbocycles. The maximum atomic E-state index is 13.1. The van der Waals surface area contributed by atoms with Crippen LogP contribution in [0.1, 0.15) is 16.8 Å². The second-order valence-electron chi connectivity index (χ2n) is 3.91. The van der Waals surface area contributed by atoms with Crippen LogP contribution < -0.4 is 0 Å². The Labute approximate surface area is 100 Å². The van der Waals surface area contributed by atoms with E-state index in [2.05, 4.69) is 0 Å². The van der Waals surface area contributed by atoms with Crippen LogP contribution in [0.4, 0.5) is 17.6 Å². The Hall–Kier alpha value is -1.91. The van der Waals surface area contributed by atoms with Crippen LogP contribution in [0.15, 0.2) is 53.6 Å². The van der Waals surface area contributed by atoms with E-state index in [0.29, 0.717) is 6.08 Å². The molecule has 0 amide bonds. The van der Waals surface area contributed by atoms with E-state index in [1.54, 1.807) is 18.2 Å². The fourth-order valence-corrected chi connectivity index (χ4v) is 1.68. The topological polar surface area (TPSA) is 17.1 Å². The molecule has 5 heteroatoms. The second-order valence-corrected chi connectivity index (χ2v) is 3.91. The van der Waals surface area contributed by atoms with Crippen molar-refractivity contribution < 1.29 is 22.4 Å². The molecule has 1 nitrogen and oxygen atoms in total. The van der Waals surface area contributed by atoms with Crippen LogP contribution in [0, 0.1) is 0 Å². The predicted molar refractivity (Wildman–Crippen MR) is 57.7 cm³/mol. The summed E-state index contributed by atoms with van der Waals surface area (Å²) in [4.78, 5) is 11.8. The highest BCUT2D eigenvalue weighted by molar-refractivity contribution is 6.09. The van der Waals surface area contributed by atoms with Crippen molar-refractivity contribution in [2.45, 2.75) is 12.3 Å². The van der Waals surface area contributed by atoms with Gasteiger partial charge in [-0.1, -0.05) is 30.3 Å². The van der Waals surface area contributed by atoms with Crippen LogP contribution in [-0.4, -0.2) is 11.7 Å². The molecule has 0 aliphatic heterocycles. The molecule has 94 valence electrons. The summed E-state index contributed by atoms with van der Waals surface area (Å²) in [7, 11) is 0. The monoisotopic (exact) mass is 256 g/mol. The Kier molecular flexibility index (Phi) is 3.07. The third-order valence-electron chi connectivity index (χ3n) is 2.57. The van der Waals surface area contributed by atoms with Gasteiger partial charge in [-0.25, -0.2) is 8.78 Å². The minimum Gasteiger partial charge on any atom is -0.289 e. The highest BCUT2D eigenvalue weighted by atomic mass is 19.3. The molecule has 1 aromatic carbocycles. The van der Waals surface area contributed by atoms with Crippen molar-refractivity contribution >= 4 is 5.78 Å². The van der Waals surface area contributed by atoms with Crippen molar-refractivity contribution in [3.05, 3.63) is 59.2 Å². The molecule has 1 aromatic rings. The molecule has 0 aromatic heterocycles. The molecule has 1 aliphatic carbocycles. The highest BCUT2D eigenvalue weighted by Crippen LogP contribution is 2.39. The van der Waals surface area contributed by atoms with E-state index in [-0.39, 0.29) is 5.56 Å². The number of rotatable bonds is 2. The van der Waals surface area contributed by atoms with Crippen molar-refractivity contribution in [2.75, 3.05) is 0 Å². The molecule has 0 spiro atoms. The van der Waals surface area contributed by atoms with Gasteiger partial charge in [-0.05, 0) is 6.08 Å². The number of carbonyl (C=O) groups excluding carboxylic acids is 1. The first-order chi connectivity index (χ1) is 8.42. The van der Waals surface area contributed by atoms with E-state index in [4.69, 9.17) is 0 Å². The van der Waals surface area contributed by atoms with Gasteiger partial charge >= 0.3 is 5.92 Å². The molecular weight excluding hydrogens is 248 g/mol. The van der Waals surface area contributed by atoms with E-state index in [0.717, 1.165) is 0 Å². The number of allylic oxidation sites excluding steroid dienone is 4. The summed E-state index contributed by atoms with van der Waals surface area (Å²) in [6.07, 6.45) is -0.595. The van der Waals surface area contributed by atoms with E-state index in [1.807, 2.05) is 0 Å². The lowest BCUT2D eigenvalue weighted by Crippen LogP contribution is -2.24. The molecular formula is C13H8F4O. The molecule has 0 radical (unpaired) electrons. The molecule has 0 fully saturated rings. The molecule has 0 saturated heterocycles. The molecule has 18 heavy (non-hydrogen) atoms. The number of carbonyl (C=O) groups is 1. The Morgan fingerprint density at radius 1 is 1.11 bits per heavy atom. The molecule has 0 heterocycles. The fourth-order valence-electron chi connectivity index (χ4n) is 1.68. The van der Waals surface area contributed by atoms with Crippen LogP contribution in [0.2, 0.25) is 0 Å². The summed E-state index contributed by atoms with van der Waals surface area (Å²) in [5, 5.41) is 0. The molecule has 0 unspecified atom stereocenters. The normalized spacial score (nSPS) is 18.6. The van der Waals surface area contributed by atoms with E-state index < -0.39 is 35.4 Å². The number of ketones is 1. The molecule has 0 N–H and O–H groups in total. The van der Waals surface area contributed by atoms with Gasteiger partial charge in [0, 0.05) is 17.6 Å². The minimum atomic E-state index is -3.96. The third kappa shape index (κ3) is 2.20. The number of benzene rings is 1. The van der Waals surface area contributed by atoms with Gasteiger partial charge < -0.3 is 0 Å². The van der Waals surface area contributed by atoms with Gasteiger partial charge in [-0.2, -0.15) is 8.78 Å². The Balaban J connectivity index is 2.37. The summed E-state index contributed by atoms with van der Waals surface area (Å²) < 4.78 is 52.0. The summed E-state index contributed by atoms with van der Waals surface area (Å²) in [6.45, 7) is 0. The maximum Gasteiger partial charge on any atom is 0.305 e. The van der Waals surface area contributed by atoms with Gasteiger partial charge in [0.05, 0.1) is 0 Å². The standard InChI is InChI=1S/C13H8F4O/c14-10-6-9(7-13(16,17)12(10)15)11(18)8-4-2-1-3-5-8/h1-6H,7H2. The van der Waals surface area contributed by atoms with E-state index in [9.17, 15) is 22.4 Å². The summed E-state index contributed by atoms with van der Waals surface area (Å²) in [5.74, 6) is -8.49. The summed E-state index contributed by atoms with van der Waals surface area (Å²) in [6, 6.07) is 7.62. The lowest BCUT2D eigenvalue weighted by atomic mass is 9.93. The third-order valence-corrected chi connectivity index (χ3v) is 2.57. The molecule has 1 aliphatic rings. The van der Waals surface area contributed by atoms with Crippen LogP contribution in [0.5, 0.6) is 0 Å². The Morgan fingerprint density at radius 3 is 2.28 bits per heavy atom. The van der Waals surface area contributed by atoms with Crippen LogP contribution in [-0.2, 0) is 0 Å². The zero-order valence-corrected chi connectivity index (χ0v) is 9.09. The zero-order valence-electron chi connectivity index (χ0n) is 9.09. The van der Waals surface area contributed by atoms with Crippen molar-refractivity contribution in [2.24, 2.45) is 0 Å². The first-order valence-electron chi connectivity index (χ1n) is 5.16. The van der Waals surface area contributed by atoms with Gasteiger partial charge in [-0.3, -0.25) is 4.79 Å². The van der Waals surface area contributed by atoms with Crippen LogP contribution >= 0.6 is 0 Å². The number of alkyl halides is 2. The van der Waals surface area contributed by atoms with E-state index >= 15 is 0 Å². The second kappa shape index (κ2) is 4.40. The molecule has 2 rings (SSSR count). The Morgan fingerprint density at radius 2 is 1.72 bits per heavy atom. The van der Waals surface area contributed by atoms with Crippen molar-refractivity contribution in [3.63, 3.8) is 0 Å². The smallest absolute Gasteiger partial charge is 0.289 e. The number of hydrogen-bond acceptors (Lipinski definition) is 1. The average Bonchev–Trinajstić information content (AvgIpc) is 2.35. The van der Waals surface area contributed by atoms with Gasteiger partial charge in [-0.15, -0.1) is 0 Å². The summed E-state index contributed by atoms with van der Waals surface area (Å²) >= 11 is 0. The zero-order chi connectivity index (χ0) is 13.3. The lowest BCUT2D eigenvalue weighted by molar-refractivity contribution is 0.0125. The first-order valence-corrected chi connectivity index (χ1v) is 5.16. The first kappa shape index (κ1) is 12.5. The number of Topliss-reactive ketones (excluding diaryl/α,β-unsaturated/α-hetero) is 1. The highest BCUT2D eigenvalue weighted by Gasteiger charge is 2.43. The van der Waals surface area contributed by atoms with Crippen molar-refractivity contribution in [1.29, 1.82) is 0 Å². The fraction of sp³-hybridized carbons (Fsp3) is 0.154. The maximum absolute atomic E-state index is 13.1. The predicted octanol–water partition coefficient (Wildman–Crippen LogP) is 3.99. The van der Waals surface area contributed by atoms with Crippen LogP contribution in [0.25, 0.3) is 0 Å². The van der Waals surface area contributed by atoms with Gasteiger partial charge in [0.25, 0.3) is 0 Å². The molecule has 0 atom stereocenters. The van der Waals surface area contributed by atoms with Gasteiger partial charge in [0.1, 0.15) is 0 Å². The summed E-state index contributed by atoms with van der Waals surface area (Å²) in [5.41, 5.74) is -0.278. The van der Waals surface area contributed by atoms with Gasteiger partial charge in [0.15, 0.2) is 11.6 Å². The molecule has 0 bridgehead atoms. The Bertz CT molecular complexity index is 543. The van der Waals surface area contributed by atoms with Crippen molar-refractivity contribution in [3.8, 4) is 0 Å². The SMILES string of the molecule is O=C(C1=CC(F)=C(F)C(F)(F)C1)c1ccccc1. The number of hydrogen-bond donors (Lipinski definition) is 0. The van der Waals surface area contributed by atoms with Crippen LogP contribution in [0.3, 0.4) is 0 Å². The minimum absolute atomic E-state index is 0.162. The largest absolute Gasteiger partial charge is 0.305 e. The van der Waals surface area contributed by atoms with Crippen molar-refractivity contribution in [1.82, 2.24) is 0 Å². The number of halogens is 4. The van der Waals surface area contributed by atoms with E-state index in [1.165, 1.54) is 12.1 Å².